The van der Waals surface area contributed by atoms with Gasteiger partial charge in [-0.15, -0.1) is 0 Å². The number of piperidine rings is 1. The molecule has 0 radical (unpaired) electrons. The fourth-order valence-corrected chi connectivity index (χ4v) is 5.73. The van der Waals surface area contributed by atoms with Crippen LogP contribution >= 0.6 is 0 Å². The first kappa shape index (κ1) is 26.9. The topological polar surface area (TPSA) is 74.8 Å². The number of hydrogen-bond acceptors (Lipinski definition) is 5. The van der Waals surface area contributed by atoms with Crippen molar-refractivity contribution in [2.45, 2.75) is 45.3 Å². The second-order valence-corrected chi connectivity index (χ2v) is 10.7. The molecule has 5 rings (SSSR count). The highest BCUT2D eigenvalue weighted by Gasteiger charge is 2.33. The van der Waals surface area contributed by atoms with Crippen LogP contribution in [0, 0.1) is 11.8 Å². The van der Waals surface area contributed by atoms with Crippen LogP contribution in [0.4, 0.5) is 0 Å². The summed E-state index contributed by atoms with van der Waals surface area (Å²) in [7, 11) is 0. The predicted molar refractivity (Wildman–Crippen MR) is 151 cm³/mol. The second-order valence-electron chi connectivity index (χ2n) is 10.7. The van der Waals surface area contributed by atoms with Crippen molar-refractivity contribution in [2.24, 2.45) is 11.8 Å². The summed E-state index contributed by atoms with van der Waals surface area (Å²) < 4.78 is 6.25. The van der Waals surface area contributed by atoms with Gasteiger partial charge < -0.3 is 15.0 Å². The molecule has 1 saturated heterocycles. The van der Waals surface area contributed by atoms with E-state index < -0.39 is 0 Å². The van der Waals surface area contributed by atoms with Gasteiger partial charge in [0.15, 0.2) is 0 Å². The number of hydrogen-bond donors (Lipinski definition) is 1. The lowest BCUT2D eigenvalue weighted by Crippen LogP contribution is -2.48. The van der Waals surface area contributed by atoms with E-state index in [9.17, 15) is 9.59 Å². The van der Waals surface area contributed by atoms with Gasteiger partial charge in [-0.1, -0.05) is 54.6 Å². The molecule has 7 heteroatoms. The van der Waals surface area contributed by atoms with Crippen LogP contribution < -0.4 is 10.1 Å². The first-order valence-electron chi connectivity index (χ1n) is 14.1. The lowest BCUT2D eigenvalue weighted by molar-refractivity contribution is -0.135. The molecule has 2 atom stereocenters. The Morgan fingerprint density at radius 3 is 2.64 bits per heavy atom. The van der Waals surface area contributed by atoms with Crippen molar-refractivity contribution >= 4 is 11.8 Å². The minimum absolute atomic E-state index is 0.0817. The van der Waals surface area contributed by atoms with Crippen molar-refractivity contribution in [1.82, 2.24) is 20.1 Å². The van der Waals surface area contributed by atoms with Gasteiger partial charge in [0.25, 0.3) is 0 Å². The molecule has 1 N–H and O–H groups in total. The number of aromatic nitrogens is 1. The van der Waals surface area contributed by atoms with Crippen LogP contribution in [-0.4, -0.2) is 52.8 Å². The quantitative estimate of drug-likeness (QED) is 0.515. The van der Waals surface area contributed by atoms with Crippen molar-refractivity contribution < 1.29 is 14.3 Å². The maximum absolute atomic E-state index is 13.6. The van der Waals surface area contributed by atoms with Crippen molar-refractivity contribution in [2.75, 3.05) is 26.2 Å². The number of nitrogens with zero attached hydrogens (tertiary/aromatic N) is 3. The first-order valence-corrected chi connectivity index (χ1v) is 14.1. The van der Waals surface area contributed by atoms with Gasteiger partial charge in [0.2, 0.25) is 11.8 Å². The third kappa shape index (κ3) is 7.67. The molecule has 3 heterocycles. The van der Waals surface area contributed by atoms with Crippen molar-refractivity contribution in [3.05, 3.63) is 95.8 Å². The number of amides is 2. The van der Waals surface area contributed by atoms with Crippen LogP contribution in [0.2, 0.25) is 0 Å². The van der Waals surface area contributed by atoms with Crippen LogP contribution in [0.15, 0.2) is 79.0 Å². The zero-order valence-corrected chi connectivity index (χ0v) is 22.5. The molecule has 1 aromatic heterocycles. The van der Waals surface area contributed by atoms with Crippen molar-refractivity contribution in [1.29, 1.82) is 0 Å². The Balaban J connectivity index is 1.28. The molecule has 0 spiro atoms. The summed E-state index contributed by atoms with van der Waals surface area (Å²) in [5, 5.41) is 3.09. The second kappa shape index (κ2) is 13.4. The number of carbonyl (C=O) groups excluding carboxylic acids is 2. The lowest BCUT2D eigenvalue weighted by atomic mass is 9.80. The van der Waals surface area contributed by atoms with E-state index in [-0.39, 0.29) is 23.7 Å². The molecule has 0 unspecified atom stereocenters. The summed E-state index contributed by atoms with van der Waals surface area (Å²) in [5.41, 5.74) is 3.11. The molecule has 1 fully saturated rings. The molecule has 2 aromatic carbocycles. The summed E-state index contributed by atoms with van der Waals surface area (Å²) in [4.78, 5) is 35.1. The molecule has 39 heavy (non-hydrogen) atoms. The number of benzene rings is 2. The monoisotopic (exact) mass is 526 g/mol. The predicted octanol–water partition coefficient (Wildman–Crippen LogP) is 4.43. The average molecular weight is 527 g/mol. The fourth-order valence-electron chi connectivity index (χ4n) is 5.73. The fraction of sp³-hybridized carbons (Fsp3) is 0.406. The standard InChI is InChI=1S/C32H38N4O3/c37-31(34-20-25-9-2-1-3-10-25)19-26-15-17-36-22-27(26)12-8-18-39-30-14-5-4-11-28(30)21-35(24-32(36)38)23-29-13-6-7-16-33-29/h1-7,9-11,13-14,16,26-27H,8,12,15,17-24H2,(H,34,37)/t26-,27-/m0/s1. The molecule has 2 aliphatic rings. The molecule has 0 aliphatic carbocycles. The Labute approximate surface area is 231 Å². The number of rotatable bonds is 6. The Hall–Kier alpha value is -3.71. The zero-order valence-electron chi connectivity index (χ0n) is 22.5. The first-order chi connectivity index (χ1) is 19.1. The maximum Gasteiger partial charge on any atom is 0.236 e. The zero-order chi connectivity index (χ0) is 26.9. The van der Waals surface area contributed by atoms with Gasteiger partial charge in [0.05, 0.1) is 18.8 Å². The van der Waals surface area contributed by atoms with Crippen LogP contribution in [-0.2, 0) is 29.2 Å². The molecule has 204 valence electrons. The van der Waals surface area contributed by atoms with Crippen LogP contribution in [0.25, 0.3) is 0 Å². The highest BCUT2D eigenvalue weighted by molar-refractivity contribution is 5.79. The van der Waals surface area contributed by atoms with E-state index in [1.165, 1.54) is 0 Å². The van der Waals surface area contributed by atoms with E-state index in [4.69, 9.17) is 4.74 Å². The van der Waals surface area contributed by atoms with Crippen LogP contribution in [0.3, 0.4) is 0 Å². The summed E-state index contributed by atoms with van der Waals surface area (Å²) in [6.07, 6.45) is 4.95. The number of carbonyl (C=O) groups is 2. The Kier molecular flexibility index (Phi) is 9.22. The highest BCUT2D eigenvalue weighted by atomic mass is 16.5. The van der Waals surface area contributed by atoms with E-state index >= 15 is 0 Å². The summed E-state index contributed by atoms with van der Waals surface area (Å²) in [6, 6.07) is 24.0. The molecule has 7 nitrogen and oxygen atoms in total. The minimum atomic E-state index is 0.0817. The molecular formula is C32H38N4O3. The molecule has 0 saturated carbocycles. The summed E-state index contributed by atoms with van der Waals surface area (Å²) >= 11 is 0. The molecule has 2 bridgehead atoms. The van der Waals surface area contributed by atoms with E-state index in [1.54, 1.807) is 6.20 Å². The van der Waals surface area contributed by atoms with Gasteiger partial charge >= 0.3 is 0 Å². The Morgan fingerprint density at radius 2 is 1.79 bits per heavy atom. The van der Waals surface area contributed by atoms with Crippen molar-refractivity contribution in [3.63, 3.8) is 0 Å². The minimum Gasteiger partial charge on any atom is -0.493 e. The summed E-state index contributed by atoms with van der Waals surface area (Å²) in [5.74, 6) is 1.62. The number of para-hydroxylation sites is 1. The Morgan fingerprint density at radius 1 is 0.974 bits per heavy atom. The number of nitrogens with one attached hydrogen (secondary N) is 1. The largest absolute Gasteiger partial charge is 0.493 e. The van der Waals surface area contributed by atoms with E-state index in [2.05, 4.69) is 21.3 Å². The van der Waals surface area contributed by atoms with Gasteiger partial charge in [-0.2, -0.15) is 0 Å². The third-order valence-corrected chi connectivity index (χ3v) is 7.84. The average Bonchev–Trinajstić information content (AvgIpc) is 2.97. The van der Waals surface area contributed by atoms with E-state index in [0.29, 0.717) is 52.3 Å². The summed E-state index contributed by atoms with van der Waals surface area (Å²) in [6.45, 7) is 4.06. The van der Waals surface area contributed by atoms with Gasteiger partial charge in [-0.05, 0) is 54.9 Å². The van der Waals surface area contributed by atoms with Crippen LogP contribution in [0.1, 0.15) is 42.5 Å². The van der Waals surface area contributed by atoms with E-state index in [0.717, 1.165) is 41.8 Å². The molecule has 3 aromatic rings. The SMILES string of the molecule is O=C(C[C@@H]1CCN2C[C@@H]1CCCOc1ccccc1CN(Cc1ccccn1)CC2=O)NCc1ccccc1. The smallest absolute Gasteiger partial charge is 0.236 e. The molecule has 2 aliphatic heterocycles. The number of pyridine rings is 1. The normalized spacial score (nSPS) is 20.5. The van der Waals surface area contributed by atoms with Gasteiger partial charge in [0.1, 0.15) is 5.75 Å². The van der Waals surface area contributed by atoms with E-state index in [1.807, 2.05) is 71.6 Å². The lowest BCUT2D eigenvalue weighted by Gasteiger charge is -2.39. The van der Waals surface area contributed by atoms with Crippen LogP contribution in [0.5, 0.6) is 5.75 Å². The van der Waals surface area contributed by atoms with Gasteiger partial charge in [-0.25, -0.2) is 0 Å². The maximum atomic E-state index is 13.6. The Bertz CT molecular complexity index is 1220. The van der Waals surface area contributed by atoms with Crippen molar-refractivity contribution in [3.8, 4) is 5.75 Å². The molecule has 2 amide bonds. The van der Waals surface area contributed by atoms with Gasteiger partial charge in [-0.3, -0.25) is 19.5 Å². The number of ether oxygens (including phenoxy) is 1. The number of fused-ring (bicyclic) bond motifs is 3. The molecular weight excluding hydrogens is 488 g/mol. The highest BCUT2D eigenvalue weighted by Crippen LogP contribution is 2.31. The third-order valence-electron chi connectivity index (χ3n) is 7.84. The van der Waals surface area contributed by atoms with Gasteiger partial charge in [0, 0.05) is 50.9 Å².